The number of benzene rings is 1. The van der Waals surface area contributed by atoms with E-state index in [2.05, 4.69) is 11.8 Å². The molecule has 1 unspecified atom stereocenters. The molecule has 1 heterocycles. The molecule has 0 amide bonds. The summed E-state index contributed by atoms with van der Waals surface area (Å²) in [7, 11) is 0. The van der Waals surface area contributed by atoms with Crippen molar-refractivity contribution >= 4 is 22.9 Å². The molecule has 102 valence electrons. The van der Waals surface area contributed by atoms with Crippen LogP contribution in [0.5, 0.6) is 0 Å². The van der Waals surface area contributed by atoms with E-state index in [-0.39, 0.29) is 10.6 Å². The summed E-state index contributed by atoms with van der Waals surface area (Å²) in [5.41, 5.74) is 1.72. The summed E-state index contributed by atoms with van der Waals surface area (Å²) in [5, 5.41) is 10.8. The van der Waals surface area contributed by atoms with Crippen LogP contribution in [0.2, 0.25) is 0 Å². The van der Waals surface area contributed by atoms with Crippen LogP contribution in [0.1, 0.15) is 30.9 Å². The number of rotatable bonds is 2. The van der Waals surface area contributed by atoms with Crippen LogP contribution in [0.4, 0.5) is 5.69 Å². The van der Waals surface area contributed by atoms with E-state index in [4.69, 9.17) is 12.2 Å². The lowest BCUT2D eigenvalue weighted by molar-refractivity contribution is -0.385. The number of nitro benzene ring substituents is 1. The van der Waals surface area contributed by atoms with Crippen molar-refractivity contribution in [2.24, 2.45) is 5.92 Å². The SMILES string of the molecule is Cc1cc(C(=S)N2CCCC(C)C2)ccc1[N+](=O)[O-]. The second-order valence-corrected chi connectivity index (χ2v) is 5.64. The highest BCUT2D eigenvalue weighted by Crippen LogP contribution is 2.22. The number of hydrogen-bond donors (Lipinski definition) is 0. The molecule has 0 radical (unpaired) electrons. The smallest absolute Gasteiger partial charge is 0.272 e. The second-order valence-electron chi connectivity index (χ2n) is 5.26. The molecule has 0 saturated carbocycles. The standard InChI is InChI=1S/C14H18N2O2S/c1-10-4-3-7-15(9-10)14(19)12-5-6-13(16(17)18)11(2)8-12/h5-6,8,10H,3-4,7,9H2,1-2H3. The molecule has 0 N–H and O–H groups in total. The molecular formula is C14H18N2O2S. The molecule has 1 aliphatic heterocycles. The van der Waals surface area contributed by atoms with Crippen molar-refractivity contribution < 1.29 is 4.92 Å². The number of thiocarbonyl (C=S) groups is 1. The van der Waals surface area contributed by atoms with E-state index in [1.54, 1.807) is 19.1 Å². The number of aryl methyl sites for hydroxylation is 1. The average molecular weight is 278 g/mol. The van der Waals surface area contributed by atoms with Gasteiger partial charge in [-0.15, -0.1) is 0 Å². The van der Waals surface area contributed by atoms with Crippen LogP contribution in [-0.4, -0.2) is 27.9 Å². The molecule has 1 aromatic rings. The monoisotopic (exact) mass is 278 g/mol. The van der Waals surface area contributed by atoms with Gasteiger partial charge in [0.1, 0.15) is 4.99 Å². The highest BCUT2D eigenvalue weighted by Gasteiger charge is 2.20. The lowest BCUT2D eigenvalue weighted by Crippen LogP contribution is -2.38. The van der Waals surface area contributed by atoms with Crippen molar-refractivity contribution in [3.63, 3.8) is 0 Å². The minimum atomic E-state index is -0.356. The third-order valence-corrected chi connectivity index (χ3v) is 4.08. The Labute approximate surface area is 118 Å². The van der Waals surface area contributed by atoms with Crippen LogP contribution in [0.25, 0.3) is 0 Å². The van der Waals surface area contributed by atoms with Gasteiger partial charge >= 0.3 is 0 Å². The fourth-order valence-corrected chi connectivity index (χ4v) is 2.84. The van der Waals surface area contributed by atoms with Crippen molar-refractivity contribution in [2.75, 3.05) is 13.1 Å². The Balaban J connectivity index is 2.19. The van der Waals surface area contributed by atoms with Crippen molar-refractivity contribution in [3.05, 3.63) is 39.4 Å². The summed E-state index contributed by atoms with van der Waals surface area (Å²) >= 11 is 5.52. The summed E-state index contributed by atoms with van der Waals surface area (Å²) in [6, 6.07) is 5.12. The number of nitrogens with zero attached hydrogens (tertiary/aromatic N) is 2. The van der Waals surface area contributed by atoms with Crippen LogP contribution in [0.3, 0.4) is 0 Å². The zero-order chi connectivity index (χ0) is 14.0. The Bertz CT molecular complexity index is 516. The number of hydrogen-bond acceptors (Lipinski definition) is 3. The molecular weight excluding hydrogens is 260 g/mol. The van der Waals surface area contributed by atoms with E-state index in [0.717, 1.165) is 30.1 Å². The zero-order valence-electron chi connectivity index (χ0n) is 11.3. The van der Waals surface area contributed by atoms with Gasteiger partial charge in [0.15, 0.2) is 0 Å². The highest BCUT2D eigenvalue weighted by molar-refractivity contribution is 7.80. The molecule has 1 aromatic carbocycles. The van der Waals surface area contributed by atoms with Gasteiger partial charge in [0.2, 0.25) is 0 Å². The first-order chi connectivity index (χ1) is 8.99. The Kier molecular flexibility index (Phi) is 4.14. The van der Waals surface area contributed by atoms with Crippen LogP contribution in [-0.2, 0) is 0 Å². The van der Waals surface area contributed by atoms with Crippen LogP contribution in [0, 0.1) is 23.0 Å². The van der Waals surface area contributed by atoms with Crippen molar-refractivity contribution in [3.8, 4) is 0 Å². The largest absolute Gasteiger partial charge is 0.362 e. The third kappa shape index (κ3) is 3.10. The second kappa shape index (κ2) is 5.65. The maximum atomic E-state index is 10.8. The van der Waals surface area contributed by atoms with E-state index >= 15 is 0 Å². The van der Waals surface area contributed by atoms with Gasteiger partial charge in [0, 0.05) is 30.3 Å². The van der Waals surface area contributed by atoms with E-state index in [1.165, 1.54) is 6.42 Å². The lowest BCUT2D eigenvalue weighted by Gasteiger charge is -2.33. The first-order valence-corrected chi connectivity index (χ1v) is 6.94. The first-order valence-electron chi connectivity index (χ1n) is 6.53. The third-order valence-electron chi connectivity index (χ3n) is 3.58. The van der Waals surface area contributed by atoms with E-state index < -0.39 is 0 Å². The fourth-order valence-electron chi connectivity index (χ4n) is 2.55. The molecule has 0 spiro atoms. The molecule has 0 aliphatic carbocycles. The minimum absolute atomic E-state index is 0.151. The molecule has 1 atom stereocenters. The Hall–Kier alpha value is -1.49. The molecule has 2 rings (SSSR count). The lowest BCUT2D eigenvalue weighted by atomic mass is 9.99. The molecule has 5 heteroatoms. The summed E-state index contributed by atoms with van der Waals surface area (Å²) in [6.07, 6.45) is 2.41. The Morgan fingerprint density at radius 1 is 1.53 bits per heavy atom. The van der Waals surface area contributed by atoms with Crippen molar-refractivity contribution in [1.82, 2.24) is 4.90 Å². The molecule has 1 aliphatic rings. The van der Waals surface area contributed by atoms with E-state index in [1.807, 2.05) is 6.07 Å². The van der Waals surface area contributed by atoms with Crippen molar-refractivity contribution in [1.29, 1.82) is 0 Å². The van der Waals surface area contributed by atoms with Gasteiger partial charge in [-0.2, -0.15) is 0 Å². The molecule has 4 nitrogen and oxygen atoms in total. The zero-order valence-corrected chi connectivity index (χ0v) is 12.1. The van der Waals surface area contributed by atoms with Crippen LogP contribution < -0.4 is 0 Å². The van der Waals surface area contributed by atoms with Gasteiger partial charge in [-0.05, 0) is 37.8 Å². The summed E-state index contributed by atoms with van der Waals surface area (Å²) in [6.45, 7) is 5.95. The molecule has 19 heavy (non-hydrogen) atoms. The highest BCUT2D eigenvalue weighted by atomic mass is 32.1. The molecule has 0 aromatic heterocycles. The number of piperidine rings is 1. The maximum absolute atomic E-state index is 10.8. The quantitative estimate of drug-likeness (QED) is 0.473. The van der Waals surface area contributed by atoms with Gasteiger partial charge in [0.05, 0.1) is 4.92 Å². The van der Waals surface area contributed by atoms with E-state index in [0.29, 0.717) is 11.5 Å². The maximum Gasteiger partial charge on any atom is 0.272 e. The predicted molar refractivity (Wildman–Crippen MR) is 79.5 cm³/mol. The van der Waals surface area contributed by atoms with Crippen LogP contribution >= 0.6 is 12.2 Å². The van der Waals surface area contributed by atoms with Gasteiger partial charge in [0.25, 0.3) is 5.69 Å². The summed E-state index contributed by atoms with van der Waals surface area (Å²) in [5.74, 6) is 0.658. The normalized spacial score (nSPS) is 19.3. The molecule has 1 saturated heterocycles. The van der Waals surface area contributed by atoms with E-state index in [9.17, 15) is 10.1 Å². The predicted octanol–water partition coefficient (Wildman–Crippen LogP) is 3.31. The fraction of sp³-hybridized carbons (Fsp3) is 0.500. The van der Waals surface area contributed by atoms with Gasteiger partial charge in [-0.25, -0.2) is 0 Å². The topological polar surface area (TPSA) is 46.4 Å². The summed E-state index contributed by atoms with van der Waals surface area (Å²) in [4.78, 5) is 13.5. The number of likely N-dealkylation sites (tertiary alicyclic amines) is 1. The van der Waals surface area contributed by atoms with Gasteiger partial charge in [-0.1, -0.05) is 19.1 Å². The van der Waals surface area contributed by atoms with Gasteiger partial charge in [-0.3, -0.25) is 10.1 Å². The van der Waals surface area contributed by atoms with Crippen molar-refractivity contribution in [2.45, 2.75) is 26.7 Å². The van der Waals surface area contributed by atoms with Crippen LogP contribution in [0.15, 0.2) is 18.2 Å². The Morgan fingerprint density at radius 2 is 2.26 bits per heavy atom. The molecule has 1 fully saturated rings. The average Bonchev–Trinajstić information content (AvgIpc) is 2.37. The number of nitro groups is 1. The molecule has 0 bridgehead atoms. The first kappa shape index (κ1) is 13.9. The minimum Gasteiger partial charge on any atom is -0.362 e. The summed E-state index contributed by atoms with van der Waals surface area (Å²) < 4.78 is 0. The Morgan fingerprint density at radius 3 is 2.84 bits per heavy atom. The van der Waals surface area contributed by atoms with Gasteiger partial charge < -0.3 is 4.90 Å².